The smallest absolute Gasteiger partial charge is 0.268 e. The molecule has 0 bridgehead atoms. The van der Waals surface area contributed by atoms with Crippen LogP contribution in [0, 0.1) is 6.92 Å². The van der Waals surface area contributed by atoms with E-state index in [0.717, 1.165) is 16.8 Å². The number of nitrogens with zero attached hydrogens (tertiary/aromatic N) is 3. The third kappa shape index (κ3) is 4.16. The molecule has 0 aliphatic rings. The van der Waals surface area contributed by atoms with Crippen LogP contribution in [0.25, 0.3) is 5.65 Å². The first-order valence-corrected chi connectivity index (χ1v) is 9.36. The Morgan fingerprint density at radius 2 is 1.72 bits per heavy atom. The van der Waals surface area contributed by atoms with Gasteiger partial charge in [0.25, 0.3) is 5.56 Å². The van der Waals surface area contributed by atoms with Gasteiger partial charge in [-0.1, -0.05) is 54.6 Å². The highest BCUT2D eigenvalue weighted by Crippen LogP contribution is 2.14. The lowest BCUT2D eigenvalue weighted by atomic mass is 10.2. The standard InChI is InChI=1S/C23H21N5O/c1-17-9-8-14-28-22(17)26-21(24-15-18-10-4-2-5-11-18)20(23(28)29)16-25-27-19-12-6-3-7-13-19/h2-14,16,24,27H,15H2,1H3/b25-16+. The van der Waals surface area contributed by atoms with Gasteiger partial charge in [-0.05, 0) is 36.2 Å². The summed E-state index contributed by atoms with van der Waals surface area (Å²) in [5.74, 6) is 0.506. The number of para-hydroxylation sites is 1. The first-order chi connectivity index (χ1) is 14.2. The van der Waals surface area contributed by atoms with E-state index in [0.29, 0.717) is 23.6 Å². The van der Waals surface area contributed by atoms with E-state index in [2.05, 4.69) is 15.8 Å². The van der Waals surface area contributed by atoms with Gasteiger partial charge in [0.2, 0.25) is 0 Å². The molecule has 0 saturated carbocycles. The molecule has 4 rings (SSSR count). The van der Waals surface area contributed by atoms with Gasteiger partial charge in [-0.3, -0.25) is 14.6 Å². The maximum absolute atomic E-state index is 13.1. The van der Waals surface area contributed by atoms with Gasteiger partial charge in [-0.2, -0.15) is 5.10 Å². The van der Waals surface area contributed by atoms with E-state index < -0.39 is 0 Å². The highest BCUT2D eigenvalue weighted by molar-refractivity contribution is 5.87. The van der Waals surface area contributed by atoms with Crippen molar-refractivity contribution in [2.24, 2.45) is 5.10 Å². The highest BCUT2D eigenvalue weighted by Gasteiger charge is 2.12. The average molecular weight is 383 g/mol. The lowest BCUT2D eigenvalue weighted by Gasteiger charge is -2.12. The molecule has 0 atom stereocenters. The quantitative estimate of drug-likeness (QED) is 0.389. The summed E-state index contributed by atoms with van der Waals surface area (Å²) in [4.78, 5) is 17.8. The van der Waals surface area contributed by atoms with Crippen LogP contribution in [0.4, 0.5) is 11.5 Å². The van der Waals surface area contributed by atoms with E-state index in [4.69, 9.17) is 4.98 Å². The molecule has 2 aromatic carbocycles. The van der Waals surface area contributed by atoms with E-state index >= 15 is 0 Å². The monoisotopic (exact) mass is 383 g/mol. The molecular weight excluding hydrogens is 362 g/mol. The van der Waals surface area contributed by atoms with Gasteiger partial charge in [-0.15, -0.1) is 0 Å². The second-order valence-corrected chi connectivity index (χ2v) is 6.64. The van der Waals surface area contributed by atoms with Crippen molar-refractivity contribution in [3.05, 3.63) is 106 Å². The molecule has 0 fully saturated rings. The number of rotatable bonds is 6. The van der Waals surface area contributed by atoms with Crippen LogP contribution in [-0.2, 0) is 6.54 Å². The second-order valence-electron chi connectivity index (χ2n) is 6.64. The molecule has 0 aliphatic heterocycles. The summed E-state index contributed by atoms with van der Waals surface area (Å²) < 4.78 is 1.55. The Labute approximate surface area is 168 Å². The molecule has 2 heterocycles. The van der Waals surface area contributed by atoms with Gasteiger partial charge >= 0.3 is 0 Å². The zero-order valence-corrected chi connectivity index (χ0v) is 16.0. The third-order valence-corrected chi connectivity index (χ3v) is 4.55. The second kappa shape index (κ2) is 8.39. The van der Waals surface area contributed by atoms with Crippen molar-refractivity contribution >= 4 is 23.4 Å². The summed E-state index contributed by atoms with van der Waals surface area (Å²) in [6, 6.07) is 23.3. The number of hydrogen-bond donors (Lipinski definition) is 2. The Balaban J connectivity index is 1.71. The van der Waals surface area contributed by atoms with Crippen molar-refractivity contribution in [3.63, 3.8) is 0 Å². The molecule has 2 N–H and O–H groups in total. The number of pyridine rings is 1. The third-order valence-electron chi connectivity index (χ3n) is 4.55. The maximum atomic E-state index is 13.1. The van der Waals surface area contributed by atoms with Crippen LogP contribution < -0.4 is 16.3 Å². The van der Waals surface area contributed by atoms with Crippen LogP contribution in [0.3, 0.4) is 0 Å². The van der Waals surface area contributed by atoms with Crippen LogP contribution in [0.1, 0.15) is 16.7 Å². The van der Waals surface area contributed by atoms with Crippen LogP contribution in [0.15, 0.2) is 88.9 Å². The summed E-state index contributed by atoms with van der Waals surface area (Å²) in [6.45, 7) is 2.50. The zero-order chi connectivity index (χ0) is 20.1. The predicted octanol–water partition coefficient (Wildman–Crippen LogP) is 4.06. The Hall–Kier alpha value is -3.93. The summed E-state index contributed by atoms with van der Waals surface area (Å²) in [5.41, 5.74) is 6.67. The van der Waals surface area contributed by atoms with E-state index in [1.807, 2.05) is 79.7 Å². The first-order valence-electron chi connectivity index (χ1n) is 9.36. The maximum Gasteiger partial charge on any atom is 0.268 e. The Morgan fingerprint density at radius 1 is 1.00 bits per heavy atom. The summed E-state index contributed by atoms with van der Waals surface area (Å²) >= 11 is 0. The predicted molar refractivity (Wildman–Crippen MR) is 118 cm³/mol. The van der Waals surface area contributed by atoms with E-state index in [-0.39, 0.29) is 5.56 Å². The van der Waals surface area contributed by atoms with E-state index in [1.54, 1.807) is 10.6 Å². The average Bonchev–Trinajstić information content (AvgIpc) is 2.76. The van der Waals surface area contributed by atoms with Crippen molar-refractivity contribution in [3.8, 4) is 0 Å². The Morgan fingerprint density at radius 3 is 2.48 bits per heavy atom. The molecule has 2 aromatic heterocycles. The van der Waals surface area contributed by atoms with Gasteiger partial charge in [0, 0.05) is 12.7 Å². The fraction of sp³-hybridized carbons (Fsp3) is 0.0870. The van der Waals surface area contributed by atoms with Crippen LogP contribution in [0.2, 0.25) is 0 Å². The number of hydrazone groups is 1. The van der Waals surface area contributed by atoms with Crippen LogP contribution >= 0.6 is 0 Å². The number of fused-ring (bicyclic) bond motifs is 1. The lowest BCUT2D eigenvalue weighted by molar-refractivity contribution is 1.01. The van der Waals surface area contributed by atoms with Gasteiger partial charge in [0.1, 0.15) is 17.0 Å². The number of hydrogen-bond acceptors (Lipinski definition) is 5. The van der Waals surface area contributed by atoms with Gasteiger partial charge in [-0.25, -0.2) is 4.98 Å². The summed E-state index contributed by atoms with van der Waals surface area (Å²) in [5, 5.41) is 7.54. The lowest BCUT2D eigenvalue weighted by Crippen LogP contribution is -2.23. The fourth-order valence-electron chi connectivity index (χ4n) is 3.03. The van der Waals surface area contributed by atoms with Crippen LogP contribution in [0.5, 0.6) is 0 Å². The summed E-state index contributed by atoms with van der Waals surface area (Å²) in [7, 11) is 0. The van der Waals surface area contributed by atoms with Crippen LogP contribution in [-0.4, -0.2) is 15.6 Å². The zero-order valence-electron chi connectivity index (χ0n) is 16.0. The molecular formula is C23H21N5O. The van der Waals surface area contributed by atoms with E-state index in [1.165, 1.54) is 6.21 Å². The van der Waals surface area contributed by atoms with Crippen molar-refractivity contribution < 1.29 is 0 Å². The van der Waals surface area contributed by atoms with Crippen molar-refractivity contribution in [2.75, 3.05) is 10.7 Å². The minimum absolute atomic E-state index is 0.173. The van der Waals surface area contributed by atoms with Crippen molar-refractivity contribution in [1.82, 2.24) is 9.38 Å². The Kier molecular flexibility index (Phi) is 5.33. The van der Waals surface area contributed by atoms with Gasteiger partial charge in [0.05, 0.1) is 11.9 Å². The molecule has 4 aromatic rings. The highest BCUT2D eigenvalue weighted by atomic mass is 16.1. The molecule has 6 nitrogen and oxygen atoms in total. The SMILES string of the molecule is Cc1cccn2c(=O)c(/C=N/Nc3ccccc3)c(NCc3ccccc3)nc12. The topological polar surface area (TPSA) is 70.8 Å². The molecule has 29 heavy (non-hydrogen) atoms. The number of benzene rings is 2. The fourth-order valence-corrected chi connectivity index (χ4v) is 3.03. The Bertz CT molecular complexity index is 1200. The van der Waals surface area contributed by atoms with Crippen molar-refractivity contribution in [2.45, 2.75) is 13.5 Å². The van der Waals surface area contributed by atoms with Crippen molar-refractivity contribution in [1.29, 1.82) is 0 Å². The molecule has 0 saturated heterocycles. The summed E-state index contributed by atoms with van der Waals surface area (Å²) in [6.07, 6.45) is 3.24. The first kappa shape index (κ1) is 18.4. The normalized spacial score (nSPS) is 11.1. The largest absolute Gasteiger partial charge is 0.365 e. The molecule has 0 radical (unpaired) electrons. The van der Waals surface area contributed by atoms with E-state index in [9.17, 15) is 4.79 Å². The molecule has 0 aliphatic carbocycles. The molecule has 6 heteroatoms. The van der Waals surface area contributed by atoms with Gasteiger partial charge in [0.15, 0.2) is 0 Å². The van der Waals surface area contributed by atoms with Gasteiger partial charge < -0.3 is 5.32 Å². The molecule has 0 amide bonds. The number of nitrogens with one attached hydrogen (secondary N) is 2. The number of anilines is 2. The number of aryl methyl sites for hydroxylation is 1. The minimum atomic E-state index is -0.173. The molecule has 0 unspecified atom stereocenters. The molecule has 0 spiro atoms. The minimum Gasteiger partial charge on any atom is -0.365 e. The number of aromatic nitrogens is 2. The molecule has 144 valence electrons.